The van der Waals surface area contributed by atoms with E-state index in [1.165, 1.54) is 13.3 Å². The van der Waals surface area contributed by atoms with Crippen LogP contribution in [0.3, 0.4) is 0 Å². The second-order valence-electron chi connectivity index (χ2n) is 5.81. The van der Waals surface area contributed by atoms with Crippen molar-refractivity contribution in [3.63, 3.8) is 0 Å². The molecule has 144 valence electrons. The Labute approximate surface area is 163 Å². The van der Waals surface area contributed by atoms with Gasteiger partial charge >= 0.3 is 0 Å². The minimum absolute atomic E-state index is 0.317. The zero-order chi connectivity index (χ0) is 19.9. The second-order valence-corrected chi connectivity index (χ2v) is 5.81. The number of nitrogens with zero attached hydrogens (tertiary/aromatic N) is 1. The summed E-state index contributed by atoms with van der Waals surface area (Å²) in [5.74, 6) is 1.52. The number of methoxy groups -OCH3 is 3. The Kier molecular flexibility index (Phi) is 5.96. The molecule has 1 amide bonds. The number of para-hydroxylation sites is 2. The van der Waals surface area contributed by atoms with Crippen molar-refractivity contribution in [1.29, 1.82) is 0 Å². The molecule has 0 aliphatic rings. The van der Waals surface area contributed by atoms with E-state index in [1.807, 2.05) is 24.3 Å². The summed E-state index contributed by atoms with van der Waals surface area (Å²) in [4.78, 5) is 16.9. The van der Waals surface area contributed by atoms with Gasteiger partial charge in [-0.05, 0) is 30.3 Å². The monoisotopic (exact) mass is 379 g/mol. The fourth-order valence-corrected chi connectivity index (χ4v) is 2.64. The molecule has 2 N–H and O–H groups in total. The van der Waals surface area contributed by atoms with Crippen molar-refractivity contribution in [3.05, 3.63) is 66.5 Å². The number of hydrogen-bond donors (Lipinski definition) is 2. The van der Waals surface area contributed by atoms with Gasteiger partial charge < -0.3 is 24.8 Å². The SMILES string of the molecule is COc1ccc(OC)c(NC(=O)c2cncc(Nc3ccccc3OC)c2)c1. The van der Waals surface area contributed by atoms with Crippen molar-refractivity contribution >= 4 is 23.0 Å². The molecule has 1 heterocycles. The van der Waals surface area contributed by atoms with Crippen LogP contribution in [-0.2, 0) is 0 Å². The lowest BCUT2D eigenvalue weighted by Gasteiger charge is -2.13. The van der Waals surface area contributed by atoms with Crippen molar-refractivity contribution in [3.8, 4) is 17.2 Å². The summed E-state index contributed by atoms with van der Waals surface area (Å²) >= 11 is 0. The van der Waals surface area contributed by atoms with Gasteiger partial charge in [-0.3, -0.25) is 9.78 Å². The van der Waals surface area contributed by atoms with Gasteiger partial charge in [-0.2, -0.15) is 0 Å². The quantitative estimate of drug-likeness (QED) is 0.643. The third kappa shape index (κ3) is 4.32. The van der Waals surface area contributed by atoms with Gasteiger partial charge in [-0.15, -0.1) is 0 Å². The first-order chi connectivity index (χ1) is 13.6. The highest BCUT2D eigenvalue weighted by Gasteiger charge is 2.12. The summed E-state index contributed by atoms with van der Waals surface area (Å²) in [6.45, 7) is 0. The van der Waals surface area contributed by atoms with Crippen LogP contribution in [0.5, 0.6) is 17.2 Å². The van der Waals surface area contributed by atoms with Gasteiger partial charge in [0.15, 0.2) is 0 Å². The van der Waals surface area contributed by atoms with Crippen LogP contribution < -0.4 is 24.8 Å². The van der Waals surface area contributed by atoms with Gasteiger partial charge in [0.05, 0.1) is 50.2 Å². The maximum atomic E-state index is 12.7. The predicted octanol–water partition coefficient (Wildman–Crippen LogP) is 4.10. The molecule has 0 saturated heterocycles. The maximum absolute atomic E-state index is 12.7. The fraction of sp³-hybridized carbons (Fsp3) is 0.143. The number of pyridine rings is 1. The molecule has 0 atom stereocenters. The first-order valence-electron chi connectivity index (χ1n) is 8.53. The lowest BCUT2D eigenvalue weighted by Crippen LogP contribution is -2.13. The van der Waals surface area contributed by atoms with Gasteiger partial charge in [0, 0.05) is 12.3 Å². The molecule has 7 nitrogen and oxygen atoms in total. The van der Waals surface area contributed by atoms with Crippen molar-refractivity contribution in [2.45, 2.75) is 0 Å². The van der Waals surface area contributed by atoms with Crippen LogP contribution in [0.1, 0.15) is 10.4 Å². The highest BCUT2D eigenvalue weighted by atomic mass is 16.5. The number of anilines is 3. The number of benzene rings is 2. The van der Waals surface area contributed by atoms with E-state index >= 15 is 0 Å². The molecule has 7 heteroatoms. The van der Waals surface area contributed by atoms with E-state index in [1.54, 1.807) is 44.7 Å². The van der Waals surface area contributed by atoms with E-state index in [0.29, 0.717) is 34.2 Å². The van der Waals surface area contributed by atoms with Gasteiger partial charge in [0.25, 0.3) is 5.91 Å². The summed E-state index contributed by atoms with van der Waals surface area (Å²) in [5.41, 5.74) is 2.34. The van der Waals surface area contributed by atoms with Crippen LogP contribution >= 0.6 is 0 Å². The number of amides is 1. The van der Waals surface area contributed by atoms with E-state index in [-0.39, 0.29) is 5.91 Å². The molecule has 0 spiro atoms. The van der Waals surface area contributed by atoms with Gasteiger partial charge in [-0.25, -0.2) is 0 Å². The molecule has 0 bridgehead atoms. The number of ether oxygens (including phenoxy) is 3. The molecule has 0 unspecified atom stereocenters. The van der Waals surface area contributed by atoms with Crippen LogP contribution in [0.25, 0.3) is 0 Å². The molecular formula is C21H21N3O4. The molecule has 0 aliphatic carbocycles. The summed E-state index contributed by atoms with van der Waals surface area (Å²) in [5, 5.41) is 6.04. The first-order valence-corrected chi connectivity index (χ1v) is 8.53. The average Bonchev–Trinajstić information content (AvgIpc) is 2.74. The van der Waals surface area contributed by atoms with Crippen LogP contribution in [-0.4, -0.2) is 32.2 Å². The Hall–Kier alpha value is -3.74. The lowest BCUT2D eigenvalue weighted by molar-refractivity contribution is 0.102. The van der Waals surface area contributed by atoms with Crippen LogP contribution in [0, 0.1) is 0 Å². The highest BCUT2D eigenvalue weighted by Crippen LogP contribution is 2.30. The Bertz CT molecular complexity index is 975. The standard InChI is InChI=1S/C21H21N3O4/c1-26-16-8-9-20(28-3)18(11-16)24-21(25)14-10-15(13-22-12-14)23-17-6-4-5-7-19(17)27-2/h4-13,23H,1-3H3,(H,24,25). The zero-order valence-corrected chi connectivity index (χ0v) is 15.9. The zero-order valence-electron chi connectivity index (χ0n) is 15.9. The summed E-state index contributed by atoms with van der Waals surface area (Å²) in [6.07, 6.45) is 3.13. The van der Waals surface area contributed by atoms with Gasteiger partial charge in [0.2, 0.25) is 0 Å². The van der Waals surface area contributed by atoms with E-state index < -0.39 is 0 Å². The molecule has 0 aliphatic heterocycles. The number of aromatic nitrogens is 1. The molecule has 1 aromatic heterocycles. The Morgan fingerprint density at radius 3 is 2.36 bits per heavy atom. The highest BCUT2D eigenvalue weighted by molar-refractivity contribution is 6.05. The molecule has 3 aromatic rings. The van der Waals surface area contributed by atoms with Crippen LogP contribution in [0.15, 0.2) is 60.9 Å². The van der Waals surface area contributed by atoms with Crippen LogP contribution in [0.2, 0.25) is 0 Å². The minimum Gasteiger partial charge on any atom is -0.497 e. The van der Waals surface area contributed by atoms with Gasteiger partial charge in [-0.1, -0.05) is 12.1 Å². The predicted molar refractivity (Wildman–Crippen MR) is 108 cm³/mol. The maximum Gasteiger partial charge on any atom is 0.257 e. The van der Waals surface area contributed by atoms with E-state index in [9.17, 15) is 4.79 Å². The van der Waals surface area contributed by atoms with Crippen molar-refractivity contribution in [2.24, 2.45) is 0 Å². The number of carbonyl (C=O) groups is 1. The molecule has 3 rings (SSSR count). The first kappa shape index (κ1) is 19.0. The number of rotatable bonds is 7. The summed E-state index contributed by atoms with van der Waals surface area (Å²) < 4.78 is 15.8. The molecular weight excluding hydrogens is 358 g/mol. The minimum atomic E-state index is -0.317. The molecule has 28 heavy (non-hydrogen) atoms. The summed E-state index contributed by atoms with van der Waals surface area (Å²) in [6, 6.07) is 14.4. The van der Waals surface area contributed by atoms with E-state index in [0.717, 1.165) is 5.69 Å². The third-order valence-electron chi connectivity index (χ3n) is 4.04. The largest absolute Gasteiger partial charge is 0.497 e. The summed E-state index contributed by atoms with van der Waals surface area (Å²) in [7, 11) is 4.70. The second kappa shape index (κ2) is 8.77. The van der Waals surface area contributed by atoms with Crippen LogP contribution in [0.4, 0.5) is 17.1 Å². The molecule has 0 radical (unpaired) electrons. The van der Waals surface area contributed by atoms with E-state index in [2.05, 4.69) is 15.6 Å². The normalized spacial score (nSPS) is 10.1. The number of carbonyl (C=O) groups excluding carboxylic acids is 1. The third-order valence-corrected chi connectivity index (χ3v) is 4.04. The van der Waals surface area contributed by atoms with Crippen molar-refractivity contribution in [2.75, 3.05) is 32.0 Å². The number of hydrogen-bond acceptors (Lipinski definition) is 6. The lowest BCUT2D eigenvalue weighted by atomic mass is 10.2. The van der Waals surface area contributed by atoms with E-state index in [4.69, 9.17) is 14.2 Å². The molecule has 0 saturated carbocycles. The topological polar surface area (TPSA) is 81.7 Å². The Morgan fingerprint density at radius 2 is 1.61 bits per heavy atom. The fourth-order valence-electron chi connectivity index (χ4n) is 2.64. The van der Waals surface area contributed by atoms with Crippen molar-refractivity contribution < 1.29 is 19.0 Å². The smallest absolute Gasteiger partial charge is 0.257 e. The average molecular weight is 379 g/mol. The number of nitrogens with one attached hydrogen (secondary N) is 2. The van der Waals surface area contributed by atoms with Gasteiger partial charge in [0.1, 0.15) is 17.2 Å². The molecule has 0 fully saturated rings. The van der Waals surface area contributed by atoms with Crippen molar-refractivity contribution in [1.82, 2.24) is 4.98 Å². The Morgan fingerprint density at radius 1 is 0.857 bits per heavy atom. The Balaban J connectivity index is 1.81. The molecule has 2 aromatic carbocycles.